The second-order valence-electron chi connectivity index (χ2n) is 18.3. The molecule has 0 aliphatic carbocycles. The predicted octanol–water partition coefficient (Wildman–Crippen LogP) is 10.9. The molecule has 0 bridgehead atoms. The predicted molar refractivity (Wildman–Crippen MR) is 248 cm³/mol. The van der Waals surface area contributed by atoms with Crippen molar-refractivity contribution in [2.45, 2.75) is 239 Å². The van der Waals surface area contributed by atoms with Crippen molar-refractivity contribution in [2.75, 3.05) is 39.6 Å². The van der Waals surface area contributed by atoms with Crippen LogP contribution >= 0.6 is 0 Å². The molecular formula is C51H91NO10. The van der Waals surface area contributed by atoms with Gasteiger partial charge in [0.1, 0.15) is 36.3 Å². The number of unbranched alkanes of at least 4 members (excludes halogenated alkanes) is 6. The van der Waals surface area contributed by atoms with Crippen LogP contribution in [-0.4, -0.2) is 106 Å². The van der Waals surface area contributed by atoms with Crippen LogP contribution in [0.15, 0.2) is 24.3 Å². The molecule has 62 heavy (non-hydrogen) atoms. The van der Waals surface area contributed by atoms with Crippen molar-refractivity contribution < 1.29 is 47.4 Å². The number of rotatable bonds is 35. The van der Waals surface area contributed by atoms with Gasteiger partial charge in [-0.05, 0) is 102 Å². The molecule has 1 aromatic rings. The quantitative estimate of drug-likeness (QED) is 0.0662. The fraction of sp³-hybridized carbons (Fsp3) is 0.863. The van der Waals surface area contributed by atoms with Crippen molar-refractivity contribution >= 4 is 5.91 Å². The average molecular weight is 878 g/mol. The lowest BCUT2D eigenvalue weighted by molar-refractivity contribution is -0.325. The van der Waals surface area contributed by atoms with Gasteiger partial charge in [0, 0.05) is 32.8 Å². The van der Waals surface area contributed by atoms with Crippen LogP contribution < -0.4 is 10.1 Å². The molecule has 3 rings (SSSR count). The van der Waals surface area contributed by atoms with E-state index in [-0.39, 0.29) is 36.7 Å². The van der Waals surface area contributed by atoms with E-state index in [0.717, 1.165) is 95.6 Å². The molecule has 0 saturated carbocycles. The summed E-state index contributed by atoms with van der Waals surface area (Å²) in [7, 11) is 0. The van der Waals surface area contributed by atoms with Gasteiger partial charge in [-0.1, -0.05) is 106 Å². The van der Waals surface area contributed by atoms with Gasteiger partial charge in [0.25, 0.3) is 0 Å². The Morgan fingerprint density at radius 3 is 1.90 bits per heavy atom. The van der Waals surface area contributed by atoms with Gasteiger partial charge in [-0.3, -0.25) is 4.79 Å². The molecule has 11 nitrogen and oxygen atoms in total. The van der Waals surface area contributed by atoms with E-state index in [1.54, 1.807) is 0 Å². The first-order valence-electron chi connectivity index (χ1n) is 25.1. The molecule has 1 amide bonds. The zero-order valence-corrected chi connectivity index (χ0v) is 40.9. The molecule has 360 valence electrons. The largest absolute Gasteiger partial charge is 0.491 e. The lowest BCUT2D eigenvalue weighted by Crippen LogP contribution is -2.63. The van der Waals surface area contributed by atoms with E-state index >= 15 is 0 Å². The minimum atomic E-state index is -0.816. The number of amides is 1. The van der Waals surface area contributed by atoms with Crippen molar-refractivity contribution in [1.29, 1.82) is 0 Å². The van der Waals surface area contributed by atoms with Crippen molar-refractivity contribution in [2.24, 2.45) is 5.92 Å². The monoisotopic (exact) mass is 878 g/mol. The van der Waals surface area contributed by atoms with Crippen LogP contribution in [0.3, 0.4) is 0 Å². The normalized spacial score (nSPS) is 25.1. The fourth-order valence-corrected chi connectivity index (χ4v) is 8.27. The van der Waals surface area contributed by atoms with E-state index in [0.29, 0.717) is 39.5 Å². The van der Waals surface area contributed by atoms with Crippen LogP contribution in [0.25, 0.3) is 0 Å². The SMILES string of the molecule is CCCCOCC1OC(OC[C@H](NC(=O)CCCCc2ccc(OC(C)CCCC)cc2)[C@@H]2OC(C)(C)O[C@@H]2C(C)CCC)C(OCCCC)C(OCCCC)C1OCCCC. The third kappa shape index (κ3) is 19.7. The zero-order valence-electron chi connectivity index (χ0n) is 40.9. The molecule has 0 radical (unpaired) electrons. The van der Waals surface area contributed by atoms with E-state index in [2.05, 4.69) is 85.0 Å². The Hall–Kier alpha value is -1.83. The minimum absolute atomic E-state index is 0.0358. The Bertz CT molecular complexity index is 1280. The first kappa shape index (κ1) is 54.5. The second-order valence-corrected chi connectivity index (χ2v) is 18.3. The van der Waals surface area contributed by atoms with Gasteiger partial charge in [0.2, 0.25) is 5.91 Å². The van der Waals surface area contributed by atoms with Gasteiger partial charge < -0.3 is 47.9 Å². The van der Waals surface area contributed by atoms with Gasteiger partial charge >= 0.3 is 0 Å². The summed E-state index contributed by atoms with van der Waals surface area (Å²) in [5.41, 5.74) is 1.24. The maximum atomic E-state index is 13.9. The van der Waals surface area contributed by atoms with Gasteiger partial charge in [-0.2, -0.15) is 0 Å². The summed E-state index contributed by atoms with van der Waals surface area (Å²) in [6.45, 7) is 24.1. The number of hydrogen-bond donors (Lipinski definition) is 1. The topological polar surface area (TPSA) is 112 Å². The van der Waals surface area contributed by atoms with E-state index in [4.69, 9.17) is 42.6 Å². The van der Waals surface area contributed by atoms with Crippen molar-refractivity contribution in [3.8, 4) is 5.75 Å². The maximum Gasteiger partial charge on any atom is 0.220 e. The van der Waals surface area contributed by atoms with Gasteiger partial charge in [0.05, 0.1) is 31.5 Å². The molecule has 2 heterocycles. The number of aryl methyl sites for hydroxylation is 1. The Kier molecular flexibility index (Phi) is 27.4. The highest BCUT2D eigenvalue weighted by molar-refractivity contribution is 5.76. The van der Waals surface area contributed by atoms with Crippen LogP contribution in [0, 0.1) is 5.92 Å². The Balaban J connectivity index is 1.82. The summed E-state index contributed by atoms with van der Waals surface area (Å²) >= 11 is 0. The number of hydrogen-bond acceptors (Lipinski definition) is 10. The maximum absolute atomic E-state index is 13.9. The van der Waals surface area contributed by atoms with Crippen LogP contribution in [0.2, 0.25) is 0 Å². The van der Waals surface area contributed by atoms with Crippen molar-refractivity contribution in [3.63, 3.8) is 0 Å². The number of ether oxygens (including phenoxy) is 9. The molecule has 10 atom stereocenters. The van der Waals surface area contributed by atoms with Gasteiger partial charge in [-0.25, -0.2) is 0 Å². The number of nitrogens with one attached hydrogen (secondary N) is 1. The Morgan fingerprint density at radius 1 is 0.677 bits per heavy atom. The summed E-state index contributed by atoms with van der Waals surface area (Å²) in [5.74, 6) is 0.265. The van der Waals surface area contributed by atoms with Gasteiger partial charge in [-0.15, -0.1) is 0 Å². The molecule has 0 spiro atoms. The molecule has 2 fully saturated rings. The first-order valence-corrected chi connectivity index (χ1v) is 25.1. The lowest BCUT2D eigenvalue weighted by atomic mass is 9.91. The summed E-state index contributed by atoms with van der Waals surface area (Å²) < 4.78 is 59.2. The summed E-state index contributed by atoms with van der Waals surface area (Å²) in [6, 6.07) is 7.90. The van der Waals surface area contributed by atoms with Crippen molar-refractivity contribution in [1.82, 2.24) is 5.32 Å². The molecule has 2 saturated heterocycles. The minimum Gasteiger partial charge on any atom is -0.491 e. The Labute approximate surface area is 378 Å². The highest BCUT2D eigenvalue weighted by atomic mass is 16.8. The molecule has 11 heteroatoms. The van der Waals surface area contributed by atoms with E-state index in [9.17, 15) is 4.79 Å². The lowest BCUT2D eigenvalue weighted by Gasteiger charge is -2.46. The van der Waals surface area contributed by atoms with Crippen LogP contribution in [0.5, 0.6) is 5.75 Å². The second kappa shape index (κ2) is 31.2. The van der Waals surface area contributed by atoms with E-state index < -0.39 is 42.5 Å². The van der Waals surface area contributed by atoms with E-state index in [1.165, 1.54) is 18.4 Å². The zero-order chi connectivity index (χ0) is 45.2. The number of carbonyl (C=O) groups is 1. The molecule has 1 aromatic carbocycles. The third-order valence-corrected chi connectivity index (χ3v) is 11.9. The molecule has 7 unspecified atom stereocenters. The average Bonchev–Trinajstić information content (AvgIpc) is 3.59. The summed E-state index contributed by atoms with van der Waals surface area (Å²) in [6.07, 6.45) is 13.1. The fourth-order valence-electron chi connectivity index (χ4n) is 8.27. The van der Waals surface area contributed by atoms with Crippen LogP contribution in [0.4, 0.5) is 0 Å². The molecule has 2 aliphatic heterocycles. The van der Waals surface area contributed by atoms with Gasteiger partial charge in [0.15, 0.2) is 12.1 Å². The summed E-state index contributed by atoms with van der Waals surface area (Å²) in [5, 5.41) is 3.36. The standard InChI is InChI=1S/C51H91NO10/c1-11-17-25-39(8)59-41-30-28-40(29-31-41)26-22-23-27-44(53)52-42(46-45(38(7)24-16-6)61-51(9,10)62-46)36-58-50-49(57-35-21-15-5)48(56-34-20-14-4)47(55-33-19-13-3)43(60-50)37-54-32-18-12-2/h28-31,38-39,42-43,45-50H,11-27,32-37H2,1-10H3,(H,52,53)/t38?,39?,42-,43?,45+,46-,47?,48?,49?,50?/m0/s1. The third-order valence-electron chi connectivity index (χ3n) is 11.9. The van der Waals surface area contributed by atoms with E-state index in [1.807, 2.05) is 13.8 Å². The molecular weight excluding hydrogens is 787 g/mol. The van der Waals surface area contributed by atoms with Crippen molar-refractivity contribution in [3.05, 3.63) is 29.8 Å². The number of benzene rings is 1. The highest BCUT2D eigenvalue weighted by Gasteiger charge is 2.51. The Morgan fingerprint density at radius 2 is 1.27 bits per heavy atom. The van der Waals surface area contributed by atoms with Crippen LogP contribution in [0.1, 0.15) is 178 Å². The smallest absolute Gasteiger partial charge is 0.220 e. The highest BCUT2D eigenvalue weighted by Crippen LogP contribution is 2.37. The molecule has 2 aliphatic rings. The first-order chi connectivity index (χ1) is 30.0. The number of carbonyl (C=O) groups excluding carboxylic acids is 1. The molecule has 0 aromatic heterocycles. The molecule has 1 N–H and O–H groups in total. The van der Waals surface area contributed by atoms with Crippen LogP contribution in [-0.2, 0) is 49.1 Å². The summed E-state index contributed by atoms with van der Waals surface area (Å²) in [4.78, 5) is 13.9.